The molecule has 1 saturated heterocycles. The van der Waals surface area contributed by atoms with Gasteiger partial charge in [-0.25, -0.2) is 4.39 Å². The summed E-state index contributed by atoms with van der Waals surface area (Å²) in [6, 6.07) is 2.66. The van der Waals surface area contributed by atoms with Crippen molar-refractivity contribution in [1.82, 2.24) is 0 Å². The number of aliphatic hydroxyl groups is 1. The van der Waals surface area contributed by atoms with Crippen LogP contribution in [0.3, 0.4) is 0 Å². The summed E-state index contributed by atoms with van der Waals surface area (Å²) in [6.07, 6.45) is 0. The molecule has 2 rings (SSSR count). The normalized spacial score (nSPS) is 20.9. The molecule has 0 amide bonds. The number of hydrogen-bond acceptors (Lipinski definition) is 3. The molecule has 6 heteroatoms. The Balaban J connectivity index is 2.39. The van der Waals surface area contributed by atoms with Crippen molar-refractivity contribution in [2.45, 2.75) is 45.5 Å². The molecule has 1 aromatic rings. The first-order valence-corrected chi connectivity index (χ1v) is 6.50. The first-order chi connectivity index (χ1) is 8.68. The van der Waals surface area contributed by atoms with Gasteiger partial charge in [-0.05, 0) is 39.3 Å². The Hall–Kier alpha value is -0.615. The molecule has 1 aliphatic heterocycles. The lowest BCUT2D eigenvalue weighted by Gasteiger charge is -2.32. The van der Waals surface area contributed by atoms with Crippen LogP contribution in [0.4, 0.5) is 4.39 Å². The van der Waals surface area contributed by atoms with Crippen molar-refractivity contribution < 1.29 is 18.8 Å². The minimum absolute atomic E-state index is 0.195. The van der Waals surface area contributed by atoms with Crippen molar-refractivity contribution in [3.05, 3.63) is 28.5 Å². The molecule has 1 aliphatic rings. The Bertz CT molecular complexity index is 489. The number of rotatable bonds is 2. The quantitative estimate of drug-likeness (QED) is 0.848. The molecule has 104 valence electrons. The molecule has 0 spiro atoms. The summed E-state index contributed by atoms with van der Waals surface area (Å²) in [5.74, 6) is -0.499. The summed E-state index contributed by atoms with van der Waals surface area (Å²) in [5, 5.41) is 9.39. The average Bonchev–Trinajstić information content (AvgIpc) is 2.48. The number of aliphatic hydroxyl groups excluding tert-OH is 1. The van der Waals surface area contributed by atoms with Gasteiger partial charge in [0.1, 0.15) is 5.82 Å². The maximum absolute atomic E-state index is 14.0. The van der Waals surface area contributed by atoms with Gasteiger partial charge in [0.15, 0.2) is 0 Å². The molecule has 1 heterocycles. The van der Waals surface area contributed by atoms with Crippen LogP contribution in [0.2, 0.25) is 5.02 Å². The highest BCUT2D eigenvalue weighted by molar-refractivity contribution is 6.62. The van der Waals surface area contributed by atoms with Gasteiger partial charge in [-0.15, -0.1) is 0 Å². The lowest BCUT2D eigenvalue weighted by molar-refractivity contribution is 0.00578. The van der Waals surface area contributed by atoms with Crippen LogP contribution in [-0.2, 0) is 15.9 Å². The second-order valence-corrected chi connectivity index (χ2v) is 6.12. The lowest BCUT2D eigenvalue weighted by Crippen LogP contribution is -2.41. The molecule has 1 fully saturated rings. The van der Waals surface area contributed by atoms with E-state index < -0.39 is 24.1 Å². The van der Waals surface area contributed by atoms with E-state index in [4.69, 9.17) is 20.9 Å². The molecule has 0 aromatic heterocycles. The van der Waals surface area contributed by atoms with Gasteiger partial charge in [0, 0.05) is 10.5 Å². The Morgan fingerprint density at radius 3 is 2.21 bits per heavy atom. The predicted octanol–water partition coefficient (Wildman–Crippen LogP) is 2.27. The SMILES string of the molecule is CC1(C)OB(c2cc(CO)c(Cl)cc2F)OC1(C)C. The van der Waals surface area contributed by atoms with Gasteiger partial charge in [0.05, 0.1) is 17.8 Å². The molecule has 3 nitrogen and oxygen atoms in total. The maximum Gasteiger partial charge on any atom is 0.497 e. The number of benzene rings is 1. The van der Waals surface area contributed by atoms with Crippen molar-refractivity contribution in [2.75, 3.05) is 0 Å². The van der Waals surface area contributed by atoms with Gasteiger partial charge in [0.2, 0.25) is 0 Å². The van der Waals surface area contributed by atoms with E-state index in [0.29, 0.717) is 5.56 Å². The molecule has 1 aromatic carbocycles. The smallest absolute Gasteiger partial charge is 0.399 e. The number of halogens is 2. The molecular weight excluding hydrogens is 269 g/mol. The second kappa shape index (κ2) is 4.74. The fraction of sp³-hybridized carbons (Fsp3) is 0.538. The monoisotopic (exact) mass is 286 g/mol. The van der Waals surface area contributed by atoms with Crippen LogP contribution in [0.5, 0.6) is 0 Å². The van der Waals surface area contributed by atoms with Gasteiger partial charge in [-0.3, -0.25) is 0 Å². The van der Waals surface area contributed by atoms with Crippen LogP contribution in [0.15, 0.2) is 12.1 Å². The summed E-state index contributed by atoms with van der Waals surface area (Å²) >= 11 is 5.84. The summed E-state index contributed by atoms with van der Waals surface area (Å²) < 4.78 is 25.6. The van der Waals surface area contributed by atoms with Crippen LogP contribution in [-0.4, -0.2) is 23.4 Å². The van der Waals surface area contributed by atoms with E-state index in [9.17, 15) is 9.50 Å². The molecule has 0 saturated carbocycles. The van der Waals surface area contributed by atoms with E-state index in [1.165, 1.54) is 12.1 Å². The first-order valence-electron chi connectivity index (χ1n) is 6.12. The third kappa shape index (κ3) is 2.52. The summed E-state index contributed by atoms with van der Waals surface area (Å²) in [5.41, 5.74) is -0.369. The van der Waals surface area contributed by atoms with E-state index in [0.717, 1.165) is 0 Å². The van der Waals surface area contributed by atoms with Crippen LogP contribution in [0, 0.1) is 5.82 Å². The summed E-state index contributed by atoms with van der Waals surface area (Å²) in [4.78, 5) is 0. The minimum Gasteiger partial charge on any atom is -0.399 e. The Kier molecular flexibility index (Phi) is 3.69. The third-order valence-electron chi connectivity index (χ3n) is 3.84. The van der Waals surface area contributed by atoms with Crippen molar-refractivity contribution >= 4 is 24.2 Å². The number of hydrogen-bond donors (Lipinski definition) is 1. The zero-order valence-electron chi connectivity index (χ0n) is 11.5. The standard InChI is InChI=1S/C13H17BClFO3/c1-12(2)13(3,4)19-14(18-12)9-5-8(7-17)10(15)6-11(9)16/h5-6,17H,7H2,1-4H3. The van der Waals surface area contributed by atoms with Crippen molar-refractivity contribution in [3.63, 3.8) is 0 Å². The van der Waals surface area contributed by atoms with Crippen LogP contribution in [0.25, 0.3) is 0 Å². The van der Waals surface area contributed by atoms with Crippen LogP contribution >= 0.6 is 11.6 Å². The highest BCUT2D eigenvalue weighted by Gasteiger charge is 2.52. The van der Waals surface area contributed by atoms with Gasteiger partial charge in [-0.2, -0.15) is 0 Å². The first kappa shape index (κ1) is 14.8. The molecule has 19 heavy (non-hydrogen) atoms. The van der Waals surface area contributed by atoms with E-state index in [1.807, 2.05) is 27.7 Å². The van der Waals surface area contributed by atoms with Crippen molar-refractivity contribution in [1.29, 1.82) is 0 Å². The summed E-state index contributed by atoms with van der Waals surface area (Å²) in [6.45, 7) is 7.33. The highest BCUT2D eigenvalue weighted by atomic mass is 35.5. The van der Waals surface area contributed by atoms with Crippen molar-refractivity contribution in [3.8, 4) is 0 Å². The molecule has 0 radical (unpaired) electrons. The van der Waals surface area contributed by atoms with Gasteiger partial charge in [0.25, 0.3) is 0 Å². The van der Waals surface area contributed by atoms with Gasteiger partial charge >= 0.3 is 7.12 Å². The minimum atomic E-state index is -0.799. The zero-order valence-corrected chi connectivity index (χ0v) is 12.2. The Morgan fingerprint density at radius 1 is 1.21 bits per heavy atom. The highest BCUT2D eigenvalue weighted by Crippen LogP contribution is 2.36. The largest absolute Gasteiger partial charge is 0.497 e. The van der Waals surface area contributed by atoms with Gasteiger partial charge < -0.3 is 14.4 Å². The Labute approximate surface area is 117 Å². The van der Waals surface area contributed by atoms with E-state index in [1.54, 1.807) is 0 Å². The van der Waals surface area contributed by atoms with Crippen molar-refractivity contribution in [2.24, 2.45) is 0 Å². The Morgan fingerprint density at radius 2 is 1.74 bits per heavy atom. The topological polar surface area (TPSA) is 38.7 Å². The fourth-order valence-corrected chi connectivity index (χ4v) is 2.09. The lowest BCUT2D eigenvalue weighted by atomic mass is 9.78. The molecule has 0 atom stereocenters. The summed E-state index contributed by atoms with van der Waals surface area (Å²) in [7, 11) is -0.799. The van der Waals surface area contributed by atoms with E-state index >= 15 is 0 Å². The third-order valence-corrected chi connectivity index (χ3v) is 4.20. The molecule has 0 bridgehead atoms. The molecule has 0 aliphatic carbocycles. The fourth-order valence-electron chi connectivity index (χ4n) is 1.88. The van der Waals surface area contributed by atoms with Gasteiger partial charge in [-0.1, -0.05) is 17.7 Å². The predicted molar refractivity (Wildman–Crippen MR) is 73.0 cm³/mol. The van der Waals surface area contributed by atoms with Crippen LogP contribution < -0.4 is 5.46 Å². The molecular formula is C13H17BClFO3. The van der Waals surface area contributed by atoms with Crippen LogP contribution in [0.1, 0.15) is 33.3 Å². The van der Waals surface area contributed by atoms with E-state index in [-0.39, 0.29) is 17.1 Å². The second-order valence-electron chi connectivity index (χ2n) is 5.71. The molecule has 1 N–H and O–H groups in total. The van der Waals surface area contributed by atoms with E-state index in [2.05, 4.69) is 0 Å². The maximum atomic E-state index is 14.0. The molecule has 0 unspecified atom stereocenters. The average molecular weight is 287 g/mol. The zero-order chi connectivity index (χ0) is 14.4.